The van der Waals surface area contributed by atoms with E-state index in [1.807, 2.05) is 25.1 Å². The van der Waals surface area contributed by atoms with Gasteiger partial charge in [-0.1, -0.05) is 26.7 Å². The fourth-order valence-corrected chi connectivity index (χ4v) is 2.00. The van der Waals surface area contributed by atoms with E-state index in [0.29, 0.717) is 31.1 Å². The number of nitrogens with zero attached hydrogens (tertiary/aromatic N) is 3. The maximum Gasteiger partial charge on any atom is 0.341 e. The number of unbranched alkanes of at least 4 members (excludes halogenated alkanes) is 2. The molecular weight excluding hydrogens is 266 g/mol. The molecule has 118 valence electrons. The molecule has 0 atom stereocenters. The normalized spacial score (nSPS) is 14.7. The molecule has 0 heterocycles. The Bertz CT molecular complexity index is 446. The van der Waals surface area contributed by atoms with Gasteiger partial charge in [0.15, 0.2) is 0 Å². The molecule has 5 nitrogen and oxygen atoms in total. The first-order valence-electron chi connectivity index (χ1n) is 7.73. The van der Waals surface area contributed by atoms with Crippen LogP contribution in [-0.4, -0.2) is 42.7 Å². The van der Waals surface area contributed by atoms with Gasteiger partial charge in [0.2, 0.25) is 5.76 Å². The van der Waals surface area contributed by atoms with Gasteiger partial charge in [-0.05, 0) is 12.8 Å². The Balaban J connectivity index is 2.91. The number of hydrogen-bond donors (Lipinski definition) is 0. The van der Waals surface area contributed by atoms with Crippen LogP contribution in [0.1, 0.15) is 46.0 Å². The summed E-state index contributed by atoms with van der Waals surface area (Å²) in [6.45, 7) is 5.56. The van der Waals surface area contributed by atoms with Gasteiger partial charge in [-0.3, -0.25) is 0 Å². The van der Waals surface area contributed by atoms with E-state index in [2.05, 4.69) is 18.6 Å². The number of rotatable bonds is 9. The highest BCUT2D eigenvalue weighted by molar-refractivity contribution is 5.97. The molecular formula is C16H27N3O2. The van der Waals surface area contributed by atoms with Crippen molar-refractivity contribution in [2.45, 2.75) is 46.0 Å². The first-order chi connectivity index (χ1) is 10.1. The largest absolute Gasteiger partial charge is 0.495 e. The lowest BCUT2D eigenvalue weighted by molar-refractivity contribution is -0.0141. The van der Waals surface area contributed by atoms with Crippen LogP contribution in [0.5, 0.6) is 0 Å². The van der Waals surface area contributed by atoms with E-state index < -0.39 is 0 Å². The standard InChI is InChI=1S/C16H27N3O2/c1-5-7-9-20-15-12-14(19(3)4)16(11-13(15)18-17)21-10-8-6-2/h12H,5-11H2,1-4H3. The van der Waals surface area contributed by atoms with E-state index in [-0.39, 0.29) is 0 Å². The summed E-state index contributed by atoms with van der Waals surface area (Å²) in [5, 5.41) is 0. The fraction of sp³-hybridized carbons (Fsp3) is 0.688. The minimum atomic E-state index is 0.464. The molecule has 0 aromatic rings. The fourth-order valence-electron chi connectivity index (χ4n) is 2.00. The van der Waals surface area contributed by atoms with Gasteiger partial charge in [0.1, 0.15) is 12.2 Å². The summed E-state index contributed by atoms with van der Waals surface area (Å²) in [5.41, 5.74) is 10.7. The lowest BCUT2D eigenvalue weighted by atomic mass is 10.1. The molecule has 0 amide bonds. The van der Waals surface area contributed by atoms with E-state index in [1.54, 1.807) is 0 Å². The van der Waals surface area contributed by atoms with Crippen LogP contribution in [0.15, 0.2) is 23.3 Å². The smallest absolute Gasteiger partial charge is 0.341 e. The molecule has 0 aromatic carbocycles. The van der Waals surface area contributed by atoms with Gasteiger partial charge in [-0.15, -0.1) is 0 Å². The second-order valence-corrected chi connectivity index (χ2v) is 5.34. The average molecular weight is 293 g/mol. The first-order valence-corrected chi connectivity index (χ1v) is 7.73. The Morgan fingerprint density at radius 2 is 1.76 bits per heavy atom. The third kappa shape index (κ3) is 5.27. The van der Waals surface area contributed by atoms with E-state index in [0.717, 1.165) is 37.1 Å². The molecule has 0 bridgehead atoms. The minimum absolute atomic E-state index is 0.464. The van der Waals surface area contributed by atoms with Crippen molar-refractivity contribution in [2.24, 2.45) is 0 Å². The molecule has 1 aliphatic rings. The number of hydrogen-bond acceptors (Lipinski definition) is 3. The molecule has 0 N–H and O–H groups in total. The quantitative estimate of drug-likeness (QED) is 0.372. The highest BCUT2D eigenvalue weighted by Gasteiger charge is 2.28. The predicted molar refractivity (Wildman–Crippen MR) is 83.8 cm³/mol. The Morgan fingerprint density at radius 1 is 1.14 bits per heavy atom. The third-order valence-corrected chi connectivity index (χ3v) is 3.30. The van der Waals surface area contributed by atoms with Gasteiger partial charge in [-0.2, -0.15) is 4.79 Å². The monoisotopic (exact) mass is 293 g/mol. The lowest BCUT2D eigenvalue weighted by Crippen LogP contribution is -2.23. The van der Waals surface area contributed by atoms with Crippen LogP contribution in [0, 0.1) is 0 Å². The van der Waals surface area contributed by atoms with Crippen LogP contribution in [0.2, 0.25) is 0 Å². The van der Waals surface area contributed by atoms with E-state index in [1.165, 1.54) is 0 Å². The topological polar surface area (TPSA) is 58.1 Å². The van der Waals surface area contributed by atoms with Gasteiger partial charge >= 0.3 is 5.71 Å². The minimum Gasteiger partial charge on any atom is -0.495 e. The van der Waals surface area contributed by atoms with Crippen molar-refractivity contribution in [3.05, 3.63) is 28.8 Å². The Morgan fingerprint density at radius 3 is 2.29 bits per heavy atom. The summed E-state index contributed by atoms with van der Waals surface area (Å²) in [5.74, 6) is 1.47. The lowest BCUT2D eigenvalue weighted by Gasteiger charge is -2.23. The zero-order valence-corrected chi connectivity index (χ0v) is 13.7. The van der Waals surface area contributed by atoms with Gasteiger partial charge in [-0.25, -0.2) is 0 Å². The van der Waals surface area contributed by atoms with E-state index >= 15 is 0 Å². The van der Waals surface area contributed by atoms with Crippen molar-refractivity contribution in [1.82, 2.24) is 4.90 Å². The van der Waals surface area contributed by atoms with Crippen LogP contribution in [0.25, 0.3) is 5.53 Å². The number of allylic oxidation sites excluding steroid dienone is 3. The molecule has 0 radical (unpaired) electrons. The van der Waals surface area contributed by atoms with Crippen molar-refractivity contribution >= 4 is 5.71 Å². The number of likely N-dealkylation sites (N-methyl/N-ethyl adjacent to an activating group) is 1. The predicted octanol–water partition coefficient (Wildman–Crippen LogP) is 3.35. The Labute approximate surface area is 127 Å². The Hall–Kier alpha value is -1.74. The summed E-state index contributed by atoms with van der Waals surface area (Å²) in [4.78, 5) is 5.37. The SMILES string of the molecule is CCCCOC1=CC(N(C)C)=C(OCCCC)CC1=[N+]=[N-]. The highest BCUT2D eigenvalue weighted by Crippen LogP contribution is 2.25. The second-order valence-electron chi connectivity index (χ2n) is 5.34. The van der Waals surface area contributed by atoms with Crippen LogP contribution >= 0.6 is 0 Å². The van der Waals surface area contributed by atoms with Crippen LogP contribution in [-0.2, 0) is 9.47 Å². The van der Waals surface area contributed by atoms with Crippen LogP contribution in [0.3, 0.4) is 0 Å². The van der Waals surface area contributed by atoms with Gasteiger partial charge < -0.3 is 19.9 Å². The molecule has 0 saturated carbocycles. The second kappa shape index (κ2) is 9.24. The van der Waals surface area contributed by atoms with E-state index in [9.17, 15) is 5.53 Å². The molecule has 0 fully saturated rings. The molecule has 0 saturated heterocycles. The summed E-state index contributed by atoms with van der Waals surface area (Å²) in [6.07, 6.45) is 6.52. The number of ether oxygens (including phenoxy) is 2. The summed E-state index contributed by atoms with van der Waals surface area (Å²) in [7, 11) is 3.94. The zero-order chi connectivity index (χ0) is 15.7. The van der Waals surface area contributed by atoms with Crippen LogP contribution < -0.4 is 0 Å². The summed E-state index contributed by atoms with van der Waals surface area (Å²) in [6, 6.07) is 0. The zero-order valence-electron chi connectivity index (χ0n) is 13.7. The molecule has 1 aliphatic carbocycles. The van der Waals surface area contributed by atoms with Crippen molar-refractivity contribution in [3.8, 4) is 0 Å². The van der Waals surface area contributed by atoms with Crippen molar-refractivity contribution < 1.29 is 14.3 Å². The maximum absolute atomic E-state index is 9.21. The molecule has 5 heteroatoms. The molecule has 21 heavy (non-hydrogen) atoms. The highest BCUT2D eigenvalue weighted by atomic mass is 16.5. The molecule has 0 aromatic heterocycles. The van der Waals surface area contributed by atoms with Crippen molar-refractivity contribution in [3.63, 3.8) is 0 Å². The molecule has 0 aliphatic heterocycles. The summed E-state index contributed by atoms with van der Waals surface area (Å²) >= 11 is 0. The molecule has 0 spiro atoms. The first kappa shape index (κ1) is 17.3. The Kier molecular flexibility index (Phi) is 7.62. The maximum atomic E-state index is 9.21. The van der Waals surface area contributed by atoms with Crippen molar-refractivity contribution in [1.29, 1.82) is 0 Å². The van der Waals surface area contributed by atoms with Gasteiger partial charge in [0, 0.05) is 20.2 Å². The molecule has 0 unspecified atom stereocenters. The van der Waals surface area contributed by atoms with E-state index in [4.69, 9.17) is 9.47 Å². The average Bonchev–Trinajstić information content (AvgIpc) is 2.48. The van der Waals surface area contributed by atoms with Gasteiger partial charge in [0.05, 0.1) is 18.9 Å². The summed E-state index contributed by atoms with van der Waals surface area (Å²) < 4.78 is 11.6. The third-order valence-electron chi connectivity index (χ3n) is 3.30. The van der Waals surface area contributed by atoms with Gasteiger partial charge in [0.25, 0.3) is 0 Å². The molecule has 1 rings (SSSR count). The van der Waals surface area contributed by atoms with Crippen LogP contribution in [0.4, 0.5) is 0 Å². The van der Waals surface area contributed by atoms with Crippen molar-refractivity contribution in [2.75, 3.05) is 27.3 Å².